The summed E-state index contributed by atoms with van der Waals surface area (Å²) in [6.45, 7) is 1.16. The average molecular weight is 527 g/mol. The van der Waals surface area contributed by atoms with Gasteiger partial charge in [-0.3, -0.25) is 34.5 Å². The van der Waals surface area contributed by atoms with Crippen molar-refractivity contribution in [3.8, 4) is 0 Å². The van der Waals surface area contributed by atoms with E-state index >= 15 is 0 Å². The third-order valence-corrected chi connectivity index (χ3v) is 8.74. The van der Waals surface area contributed by atoms with E-state index in [0.717, 1.165) is 60.9 Å². The second-order valence-electron chi connectivity index (χ2n) is 11.2. The van der Waals surface area contributed by atoms with Crippen LogP contribution in [0.1, 0.15) is 68.4 Å². The molecule has 4 aliphatic heterocycles. The Kier molecular flexibility index (Phi) is 5.43. The first-order valence-electron chi connectivity index (χ1n) is 14.8. The lowest BCUT2D eigenvalue weighted by atomic mass is 9.88. The van der Waals surface area contributed by atoms with Crippen LogP contribution in [0.3, 0.4) is 0 Å². The maximum absolute atomic E-state index is 13.4. The molecule has 2 aromatic carbocycles. The molecule has 3 amide bonds. The average Bonchev–Trinajstić information content (AvgIpc) is 3.41. The number of pyridine rings is 1. The summed E-state index contributed by atoms with van der Waals surface area (Å²) in [5, 5.41) is 4.07. The SMILES string of the molecule is [2H]C1([2H])CCC2(CCN(Cc3ccc(Cc4ncc5c6c(cccc46)C(=O)N5C4CCC(=O)NC4=O)cc3)CC2)O1. The summed E-state index contributed by atoms with van der Waals surface area (Å²) in [6.07, 6.45) is 5.81. The Balaban J connectivity index is 1.05. The molecule has 1 aromatic heterocycles. The number of nitrogens with one attached hydrogen (secondary N) is 1. The van der Waals surface area contributed by atoms with Gasteiger partial charge in [-0.15, -0.1) is 0 Å². The number of rotatable bonds is 5. The fourth-order valence-electron chi connectivity index (χ4n) is 6.54. The number of anilines is 1. The van der Waals surface area contributed by atoms with Gasteiger partial charge >= 0.3 is 0 Å². The summed E-state index contributed by atoms with van der Waals surface area (Å²) in [5.74, 6) is -0.989. The molecule has 200 valence electrons. The summed E-state index contributed by atoms with van der Waals surface area (Å²) in [6, 6.07) is 13.4. The molecule has 3 aromatic rings. The lowest BCUT2D eigenvalue weighted by Crippen LogP contribution is -2.53. The van der Waals surface area contributed by atoms with Gasteiger partial charge in [0.1, 0.15) is 6.04 Å². The van der Waals surface area contributed by atoms with Gasteiger partial charge in [0.15, 0.2) is 0 Å². The van der Waals surface area contributed by atoms with E-state index in [1.807, 2.05) is 12.1 Å². The molecule has 0 bridgehead atoms. The maximum atomic E-state index is 13.4. The molecule has 3 saturated heterocycles. The Morgan fingerprint density at radius 3 is 2.59 bits per heavy atom. The molecule has 1 spiro atoms. The number of piperidine rings is 2. The molecule has 8 nitrogen and oxygen atoms in total. The van der Waals surface area contributed by atoms with E-state index in [2.05, 4.69) is 34.5 Å². The van der Waals surface area contributed by atoms with E-state index in [1.54, 1.807) is 12.3 Å². The van der Waals surface area contributed by atoms with Crippen molar-refractivity contribution in [3.63, 3.8) is 0 Å². The van der Waals surface area contributed by atoms with Crippen molar-refractivity contribution in [1.82, 2.24) is 15.2 Å². The van der Waals surface area contributed by atoms with E-state index in [9.17, 15) is 14.4 Å². The van der Waals surface area contributed by atoms with Crippen LogP contribution < -0.4 is 10.2 Å². The van der Waals surface area contributed by atoms with Gasteiger partial charge in [-0.1, -0.05) is 36.4 Å². The number of nitrogens with zero attached hydrogens (tertiary/aromatic N) is 3. The maximum Gasteiger partial charge on any atom is 0.259 e. The zero-order chi connectivity index (χ0) is 28.4. The van der Waals surface area contributed by atoms with Crippen molar-refractivity contribution >= 4 is 34.2 Å². The van der Waals surface area contributed by atoms with E-state index < -0.39 is 18.5 Å². The molecule has 8 heteroatoms. The molecule has 39 heavy (non-hydrogen) atoms. The Bertz CT molecular complexity index is 1570. The highest BCUT2D eigenvalue weighted by molar-refractivity contribution is 6.27. The van der Waals surface area contributed by atoms with Crippen LogP contribution in [0.2, 0.25) is 0 Å². The van der Waals surface area contributed by atoms with Gasteiger partial charge in [-0.25, -0.2) is 0 Å². The minimum absolute atomic E-state index is 0.201. The highest BCUT2D eigenvalue weighted by atomic mass is 16.5. The molecular weight excluding hydrogens is 492 g/mol. The molecule has 5 heterocycles. The fraction of sp³-hybridized carbons (Fsp3) is 0.419. The number of imide groups is 1. The predicted molar refractivity (Wildman–Crippen MR) is 146 cm³/mol. The normalized spacial score (nSPS) is 24.8. The van der Waals surface area contributed by atoms with Crippen molar-refractivity contribution in [3.05, 3.63) is 71.0 Å². The van der Waals surface area contributed by atoms with Crippen LogP contribution >= 0.6 is 0 Å². The first-order valence-corrected chi connectivity index (χ1v) is 13.8. The fourth-order valence-corrected chi connectivity index (χ4v) is 6.54. The van der Waals surface area contributed by atoms with Crippen LogP contribution in [0, 0.1) is 0 Å². The number of likely N-dealkylation sites (tertiary alicyclic amines) is 1. The van der Waals surface area contributed by atoms with Crippen LogP contribution in [0.25, 0.3) is 10.8 Å². The number of aromatic nitrogens is 1. The summed E-state index contributed by atoms with van der Waals surface area (Å²) < 4.78 is 21.6. The number of hydrogen-bond donors (Lipinski definition) is 1. The molecule has 1 N–H and O–H groups in total. The molecule has 1 unspecified atom stereocenters. The predicted octanol–water partition coefficient (Wildman–Crippen LogP) is 3.74. The van der Waals surface area contributed by atoms with Crippen LogP contribution in [-0.4, -0.2) is 58.9 Å². The highest BCUT2D eigenvalue weighted by Gasteiger charge is 2.41. The van der Waals surface area contributed by atoms with Crippen molar-refractivity contribution in [2.24, 2.45) is 0 Å². The summed E-state index contributed by atoms with van der Waals surface area (Å²) >= 11 is 0. The number of carbonyl (C=O) groups is 3. The Labute approximate surface area is 230 Å². The van der Waals surface area contributed by atoms with Gasteiger partial charge in [0.25, 0.3) is 5.91 Å². The first kappa shape index (κ1) is 22.2. The second kappa shape index (κ2) is 9.54. The molecule has 0 aliphatic carbocycles. The number of benzene rings is 2. The molecule has 7 rings (SSSR count). The largest absolute Gasteiger partial charge is 0.375 e. The van der Waals surface area contributed by atoms with Gasteiger partial charge in [-0.05, 0) is 49.3 Å². The van der Waals surface area contributed by atoms with Crippen LogP contribution in [0.15, 0.2) is 48.7 Å². The van der Waals surface area contributed by atoms with E-state index in [-0.39, 0.29) is 23.8 Å². The second-order valence-corrected chi connectivity index (χ2v) is 11.2. The Hall–Kier alpha value is -3.62. The zero-order valence-electron chi connectivity index (χ0n) is 23.7. The molecular formula is C31H32N4O4. The Morgan fingerprint density at radius 1 is 1.05 bits per heavy atom. The number of ether oxygens (including phenoxy) is 1. The number of carbonyl (C=O) groups excluding carboxylic acids is 3. The quantitative estimate of drug-likeness (QED) is 0.510. The molecule has 1 atom stereocenters. The topological polar surface area (TPSA) is 91.8 Å². The van der Waals surface area contributed by atoms with Gasteiger partial charge in [0, 0.05) is 55.4 Å². The summed E-state index contributed by atoms with van der Waals surface area (Å²) in [7, 11) is 0. The zero-order valence-corrected chi connectivity index (χ0v) is 21.7. The molecule has 4 aliphatic rings. The monoisotopic (exact) mass is 526 g/mol. The summed E-state index contributed by atoms with van der Waals surface area (Å²) in [4.78, 5) is 46.3. The summed E-state index contributed by atoms with van der Waals surface area (Å²) in [5.41, 5.74) is 4.10. The third kappa shape index (κ3) is 4.32. The highest BCUT2D eigenvalue weighted by Crippen LogP contribution is 2.40. The van der Waals surface area contributed by atoms with Gasteiger partial charge < -0.3 is 4.74 Å². The third-order valence-electron chi connectivity index (χ3n) is 8.74. The first-order chi connectivity index (χ1) is 19.7. The van der Waals surface area contributed by atoms with Crippen LogP contribution in [0.4, 0.5) is 5.69 Å². The minimum atomic E-state index is -1.49. The molecule has 3 fully saturated rings. The van der Waals surface area contributed by atoms with Gasteiger partial charge in [0.05, 0.1) is 25.9 Å². The van der Waals surface area contributed by atoms with Crippen molar-refractivity contribution < 1.29 is 21.9 Å². The van der Waals surface area contributed by atoms with Crippen LogP contribution in [0.5, 0.6) is 0 Å². The molecule has 0 radical (unpaired) electrons. The number of hydrogen-bond acceptors (Lipinski definition) is 6. The molecule has 0 saturated carbocycles. The smallest absolute Gasteiger partial charge is 0.259 e. The number of amides is 3. The lowest BCUT2D eigenvalue weighted by molar-refractivity contribution is -0.134. The van der Waals surface area contributed by atoms with Crippen molar-refractivity contribution in [1.29, 1.82) is 0 Å². The standard InChI is InChI=1S/C31H32N4O4/c36-27-10-9-25(29(37)33-27)35-26-18-32-24(22-3-1-4-23(28(22)26)30(35)38)17-20-5-7-21(8-6-20)19-34-14-12-31(13-15-34)11-2-16-39-31/h1,3-8,18,25H,2,9-17,19H2,(H,33,36,37)/i16D2. The lowest BCUT2D eigenvalue weighted by Gasteiger charge is -2.38. The van der Waals surface area contributed by atoms with Crippen molar-refractivity contribution in [2.75, 3.05) is 24.5 Å². The van der Waals surface area contributed by atoms with Crippen LogP contribution in [-0.2, 0) is 27.3 Å². The Morgan fingerprint density at radius 2 is 1.85 bits per heavy atom. The van der Waals surface area contributed by atoms with Crippen molar-refractivity contribution in [2.45, 2.75) is 63.1 Å². The minimum Gasteiger partial charge on any atom is -0.375 e. The van der Waals surface area contributed by atoms with E-state index in [4.69, 9.17) is 12.5 Å². The van der Waals surface area contributed by atoms with E-state index in [1.165, 1.54) is 10.5 Å². The van der Waals surface area contributed by atoms with Gasteiger partial charge in [0.2, 0.25) is 11.8 Å². The van der Waals surface area contributed by atoms with E-state index in [0.29, 0.717) is 30.5 Å². The van der Waals surface area contributed by atoms with Gasteiger partial charge in [-0.2, -0.15) is 0 Å².